The van der Waals surface area contributed by atoms with Crippen molar-refractivity contribution >= 4 is 40.8 Å². The van der Waals surface area contributed by atoms with E-state index in [1.807, 2.05) is 75.4 Å². The van der Waals surface area contributed by atoms with E-state index in [2.05, 4.69) is 15.6 Å². The van der Waals surface area contributed by atoms with E-state index in [0.717, 1.165) is 21.7 Å². The Labute approximate surface area is 237 Å². The van der Waals surface area contributed by atoms with Crippen LogP contribution in [0.15, 0.2) is 60.0 Å². The van der Waals surface area contributed by atoms with Gasteiger partial charge in [-0.2, -0.15) is 0 Å². The second-order valence-corrected chi connectivity index (χ2v) is 12.9. The number of amides is 3. The Morgan fingerprint density at radius 3 is 2.46 bits per heavy atom. The zero-order valence-corrected chi connectivity index (χ0v) is 24.1. The van der Waals surface area contributed by atoms with Gasteiger partial charge < -0.3 is 20.6 Å². The lowest BCUT2D eigenvalue weighted by molar-refractivity contribution is -0.147. The van der Waals surface area contributed by atoms with Crippen molar-refractivity contribution in [2.45, 2.75) is 63.6 Å². The molecule has 1 aromatic heterocycles. The number of nitrogens with one attached hydrogen (secondary N) is 2. The summed E-state index contributed by atoms with van der Waals surface area (Å²) in [5.41, 5.74) is 3.15. The van der Waals surface area contributed by atoms with Gasteiger partial charge in [-0.1, -0.05) is 54.6 Å². The number of aryl methyl sites for hydroxylation is 2. The van der Waals surface area contributed by atoms with Gasteiger partial charge in [0, 0.05) is 16.7 Å². The van der Waals surface area contributed by atoms with Crippen LogP contribution in [0.2, 0.25) is 0 Å². The molecule has 0 radical (unpaired) electrons. The SMILES string of the molecule is Cc1nc(C(=O)NC(Cc2ccccc2)[C@H](O)C(=O)N2CSC(C)(C)[C@H]2C(=O)NCc2ccccc2C)cs1. The molecule has 1 unspecified atom stereocenters. The molecule has 3 aromatic rings. The molecule has 3 N–H and O–H groups in total. The molecule has 0 saturated carbocycles. The second-order valence-electron chi connectivity index (χ2n) is 10.2. The number of hydrogen-bond acceptors (Lipinski definition) is 7. The maximum absolute atomic E-state index is 13.7. The summed E-state index contributed by atoms with van der Waals surface area (Å²) in [5, 5.41) is 19.5. The summed E-state index contributed by atoms with van der Waals surface area (Å²) < 4.78 is -0.568. The quantitative estimate of drug-likeness (QED) is 0.366. The van der Waals surface area contributed by atoms with Crippen LogP contribution in [0.5, 0.6) is 0 Å². The first-order chi connectivity index (χ1) is 18.6. The minimum atomic E-state index is -1.56. The zero-order chi connectivity index (χ0) is 28.2. The Bertz CT molecular complexity index is 1330. The Kier molecular flexibility index (Phi) is 9.09. The highest BCUT2D eigenvalue weighted by molar-refractivity contribution is 8.00. The van der Waals surface area contributed by atoms with Gasteiger partial charge >= 0.3 is 0 Å². The summed E-state index contributed by atoms with van der Waals surface area (Å²) in [6, 6.07) is 15.4. The molecule has 0 bridgehead atoms. The summed E-state index contributed by atoms with van der Waals surface area (Å²) in [7, 11) is 0. The molecule has 2 aromatic carbocycles. The summed E-state index contributed by atoms with van der Waals surface area (Å²) in [5.74, 6) is -1.09. The number of thioether (sulfide) groups is 1. The molecule has 8 nitrogen and oxygen atoms in total. The standard InChI is InChI=1S/C29H34N4O4S2/c1-18-10-8-9-13-21(18)15-30-27(36)25-29(3,4)39-17-33(25)28(37)24(34)22(14-20-11-6-5-7-12-20)32-26(35)23-16-38-19(2)31-23/h5-13,16,22,24-25,34H,14-15,17H2,1-4H3,(H,30,36)(H,32,35)/t22?,24-,25+/m0/s1. The summed E-state index contributed by atoms with van der Waals surface area (Å²) >= 11 is 2.83. The number of hydrogen-bond donors (Lipinski definition) is 3. The average Bonchev–Trinajstić information content (AvgIpc) is 3.49. The highest BCUT2D eigenvalue weighted by Crippen LogP contribution is 2.40. The molecular weight excluding hydrogens is 532 g/mol. The molecule has 2 heterocycles. The van der Waals surface area contributed by atoms with E-state index in [1.165, 1.54) is 28.0 Å². The molecule has 39 heavy (non-hydrogen) atoms. The van der Waals surface area contributed by atoms with Crippen molar-refractivity contribution in [3.8, 4) is 0 Å². The molecule has 1 aliphatic rings. The van der Waals surface area contributed by atoms with Crippen molar-refractivity contribution in [1.82, 2.24) is 20.5 Å². The fourth-order valence-corrected chi connectivity index (χ4v) is 6.40. The molecule has 1 aliphatic heterocycles. The van der Waals surface area contributed by atoms with E-state index in [-0.39, 0.29) is 23.9 Å². The molecular formula is C29H34N4O4S2. The number of aliphatic hydroxyl groups is 1. The predicted octanol–water partition coefficient (Wildman–Crippen LogP) is 3.46. The minimum absolute atomic E-state index is 0.233. The van der Waals surface area contributed by atoms with Crippen LogP contribution < -0.4 is 10.6 Å². The van der Waals surface area contributed by atoms with Gasteiger partial charge in [0.15, 0.2) is 6.10 Å². The molecule has 206 valence electrons. The van der Waals surface area contributed by atoms with E-state index in [4.69, 9.17) is 0 Å². The van der Waals surface area contributed by atoms with Crippen LogP contribution in [-0.2, 0) is 22.6 Å². The third-order valence-corrected chi connectivity index (χ3v) is 9.04. The normalized spacial score (nSPS) is 17.9. The maximum atomic E-state index is 13.7. The number of carbonyl (C=O) groups excluding carboxylic acids is 3. The van der Waals surface area contributed by atoms with Crippen molar-refractivity contribution in [3.63, 3.8) is 0 Å². The van der Waals surface area contributed by atoms with Gasteiger partial charge in [-0.25, -0.2) is 4.98 Å². The Balaban J connectivity index is 1.53. The smallest absolute Gasteiger partial charge is 0.271 e. The van der Waals surface area contributed by atoms with Crippen LogP contribution in [0.25, 0.3) is 0 Å². The molecule has 10 heteroatoms. The van der Waals surface area contributed by atoms with Gasteiger partial charge in [0.2, 0.25) is 5.91 Å². The molecule has 3 atom stereocenters. The van der Waals surface area contributed by atoms with Gasteiger partial charge in [-0.05, 0) is 50.8 Å². The maximum Gasteiger partial charge on any atom is 0.271 e. The number of benzene rings is 2. The average molecular weight is 567 g/mol. The molecule has 4 rings (SSSR count). The van der Waals surface area contributed by atoms with Crippen LogP contribution in [0, 0.1) is 13.8 Å². The topological polar surface area (TPSA) is 112 Å². The molecule has 3 amide bonds. The van der Waals surface area contributed by atoms with Crippen LogP contribution in [-0.4, -0.2) is 61.5 Å². The number of aromatic nitrogens is 1. The van der Waals surface area contributed by atoms with Crippen LogP contribution in [0.3, 0.4) is 0 Å². The van der Waals surface area contributed by atoms with Gasteiger partial charge in [0.05, 0.1) is 16.9 Å². The third kappa shape index (κ3) is 6.87. The Morgan fingerprint density at radius 2 is 1.79 bits per heavy atom. The first-order valence-corrected chi connectivity index (χ1v) is 14.6. The van der Waals surface area contributed by atoms with Gasteiger partial charge in [0.25, 0.3) is 11.8 Å². The number of nitrogens with zero attached hydrogens (tertiary/aromatic N) is 2. The van der Waals surface area contributed by atoms with Crippen LogP contribution in [0.4, 0.5) is 0 Å². The van der Waals surface area contributed by atoms with E-state index in [0.29, 0.717) is 6.54 Å². The van der Waals surface area contributed by atoms with Crippen molar-refractivity contribution in [1.29, 1.82) is 0 Å². The largest absolute Gasteiger partial charge is 0.381 e. The van der Waals surface area contributed by atoms with Gasteiger partial charge in [-0.3, -0.25) is 14.4 Å². The van der Waals surface area contributed by atoms with E-state index >= 15 is 0 Å². The fourth-order valence-electron chi connectivity index (χ4n) is 4.66. The van der Waals surface area contributed by atoms with Crippen molar-refractivity contribution < 1.29 is 19.5 Å². The van der Waals surface area contributed by atoms with Crippen LogP contribution in [0.1, 0.15) is 46.0 Å². The molecule has 0 spiro atoms. The lowest BCUT2D eigenvalue weighted by atomic mass is 9.97. The lowest BCUT2D eigenvalue weighted by Crippen LogP contribution is -2.58. The first-order valence-electron chi connectivity index (χ1n) is 12.8. The zero-order valence-electron chi connectivity index (χ0n) is 22.5. The second kappa shape index (κ2) is 12.3. The number of thiazole rings is 1. The minimum Gasteiger partial charge on any atom is -0.381 e. The van der Waals surface area contributed by atoms with Gasteiger partial charge in [-0.15, -0.1) is 23.1 Å². The molecule has 0 aliphatic carbocycles. The number of rotatable bonds is 9. The van der Waals surface area contributed by atoms with E-state index in [9.17, 15) is 19.5 Å². The van der Waals surface area contributed by atoms with Crippen molar-refractivity contribution in [2.24, 2.45) is 0 Å². The summed E-state index contributed by atoms with van der Waals surface area (Å²) in [6.45, 7) is 7.97. The predicted molar refractivity (Wildman–Crippen MR) is 154 cm³/mol. The van der Waals surface area contributed by atoms with E-state index in [1.54, 1.807) is 12.3 Å². The van der Waals surface area contributed by atoms with Crippen molar-refractivity contribution in [3.05, 3.63) is 87.4 Å². The Hall–Kier alpha value is -3.21. The highest BCUT2D eigenvalue weighted by Gasteiger charge is 2.49. The van der Waals surface area contributed by atoms with Gasteiger partial charge in [0.1, 0.15) is 11.7 Å². The summed E-state index contributed by atoms with van der Waals surface area (Å²) in [6.07, 6.45) is -1.33. The number of carbonyl (C=O) groups is 3. The Morgan fingerprint density at radius 1 is 1.10 bits per heavy atom. The fraction of sp³-hybridized carbons (Fsp3) is 0.379. The third-order valence-electron chi connectivity index (χ3n) is 6.89. The molecule has 1 fully saturated rings. The monoisotopic (exact) mass is 566 g/mol. The number of aliphatic hydroxyl groups excluding tert-OH is 1. The lowest BCUT2D eigenvalue weighted by Gasteiger charge is -2.33. The highest BCUT2D eigenvalue weighted by atomic mass is 32.2. The van der Waals surface area contributed by atoms with Crippen molar-refractivity contribution in [2.75, 3.05) is 5.88 Å². The van der Waals surface area contributed by atoms with E-state index < -0.39 is 34.7 Å². The molecule has 1 saturated heterocycles. The van der Waals surface area contributed by atoms with Crippen LogP contribution >= 0.6 is 23.1 Å². The first kappa shape index (κ1) is 28.8. The summed E-state index contributed by atoms with van der Waals surface area (Å²) in [4.78, 5) is 45.8.